The summed E-state index contributed by atoms with van der Waals surface area (Å²) < 4.78 is 0. The Bertz CT molecular complexity index is 444. The van der Waals surface area contributed by atoms with Crippen LogP contribution in [0.1, 0.15) is 50.4 Å². The van der Waals surface area contributed by atoms with Crippen LogP contribution in [0.4, 0.5) is 0 Å². The van der Waals surface area contributed by atoms with Crippen molar-refractivity contribution >= 4 is 5.91 Å². The van der Waals surface area contributed by atoms with Crippen molar-refractivity contribution in [1.82, 2.24) is 10.2 Å². The number of amides is 1. The molecule has 1 N–H and O–H groups in total. The fourth-order valence-corrected chi connectivity index (χ4v) is 2.77. The molecule has 1 aliphatic heterocycles. The Balaban J connectivity index is 2.24. The highest BCUT2D eigenvalue weighted by atomic mass is 16.2. The smallest absolute Gasteiger partial charge is 0.241 e. The molecule has 1 aromatic rings. The number of carbonyl (C=O) groups is 1. The minimum absolute atomic E-state index is 0.0120. The number of nitrogens with zero attached hydrogens (tertiary/aromatic N) is 1. The van der Waals surface area contributed by atoms with Gasteiger partial charge in [-0.25, -0.2) is 0 Å². The molecule has 0 radical (unpaired) electrons. The van der Waals surface area contributed by atoms with Crippen molar-refractivity contribution in [2.45, 2.75) is 52.2 Å². The van der Waals surface area contributed by atoms with E-state index < -0.39 is 0 Å². The fraction of sp³-hybridized carbons (Fsp3) is 0.562. The third-order valence-electron chi connectivity index (χ3n) is 3.65. The van der Waals surface area contributed by atoms with E-state index in [4.69, 9.17) is 0 Å². The number of aryl methyl sites for hydroxylation is 1. The van der Waals surface area contributed by atoms with Crippen molar-refractivity contribution < 1.29 is 4.79 Å². The van der Waals surface area contributed by atoms with Gasteiger partial charge in [0.25, 0.3) is 0 Å². The lowest BCUT2D eigenvalue weighted by Gasteiger charge is -2.24. The topological polar surface area (TPSA) is 32.3 Å². The number of hydrogen-bond acceptors (Lipinski definition) is 2. The summed E-state index contributed by atoms with van der Waals surface area (Å²) in [6, 6.07) is 8.42. The Morgan fingerprint density at radius 3 is 2.68 bits per heavy atom. The number of benzene rings is 1. The van der Waals surface area contributed by atoms with Crippen molar-refractivity contribution in [3.8, 4) is 0 Å². The number of nitrogens with one attached hydrogen (secondary N) is 1. The van der Waals surface area contributed by atoms with Crippen molar-refractivity contribution in [2.75, 3.05) is 6.54 Å². The summed E-state index contributed by atoms with van der Waals surface area (Å²) >= 11 is 0. The van der Waals surface area contributed by atoms with E-state index in [1.165, 1.54) is 11.1 Å². The minimum Gasteiger partial charge on any atom is -0.322 e. The second-order valence-electron chi connectivity index (χ2n) is 5.36. The standard InChI is InChI=1S/C16H24N2O/c1-4-7-14-16(19)18(10-5-2)15(17-14)13-9-6-8-12(3)11-13/h6,8-9,11,14-15,17H,4-5,7,10H2,1-3H3. The third-order valence-corrected chi connectivity index (χ3v) is 3.65. The number of hydrogen-bond donors (Lipinski definition) is 1. The largest absolute Gasteiger partial charge is 0.322 e. The summed E-state index contributed by atoms with van der Waals surface area (Å²) in [6.45, 7) is 7.16. The van der Waals surface area contributed by atoms with E-state index in [9.17, 15) is 4.79 Å². The zero-order valence-corrected chi connectivity index (χ0v) is 12.1. The van der Waals surface area contributed by atoms with Gasteiger partial charge in [0.15, 0.2) is 0 Å². The Hall–Kier alpha value is -1.35. The summed E-state index contributed by atoms with van der Waals surface area (Å²) in [6.07, 6.45) is 2.99. The zero-order chi connectivity index (χ0) is 13.8. The molecule has 2 unspecified atom stereocenters. The first-order chi connectivity index (χ1) is 9.17. The van der Waals surface area contributed by atoms with Gasteiger partial charge in [-0.1, -0.05) is 50.1 Å². The second kappa shape index (κ2) is 6.20. The van der Waals surface area contributed by atoms with Crippen LogP contribution in [0.25, 0.3) is 0 Å². The predicted molar refractivity (Wildman–Crippen MR) is 77.8 cm³/mol. The normalized spacial score (nSPS) is 23.1. The minimum atomic E-state index is -0.0120. The Morgan fingerprint density at radius 1 is 1.26 bits per heavy atom. The first kappa shape index (κ1) is 14.1. The van der Waals surface area contributed by atoms with Gasteiger partial charge in [-0.2, -0.15) is 0 Å². The van der Waals surface area contributed by atoms with E-state index in [1.54, 1.807) is 0 Å². The van der Waals surface area contributed by atoms with Gasteiger partial charge in [0.2, 0.25) is 5.91 Å². The van der Waals surface area contributed by atoms with Crippen molar-refractivity contribution in [1.29, 1.82) is 0 Å². The molecule has 0 saturated carbocycles. The van der Waals surface area contributed by atoms with E-state index in [2.05, 4.69) is 50.4 Å². The van der Waals surface area contributed by atoms with Gasteiger partial charge in [-0.15, -0.1) is 0 Å². The van der Waals surface area contributed by atoms with Gasteiger partial charge in [0.05, 0.1) is 6.04 Å². The SMILES string of the molecule is CCCC1NC(c2cccc(C)c2)N(CCC)C1=O. The van der Waals surface area contributed by atoms with Crippen LogP contribution in [0.15, 0.2) is 24.3 Å². The molecule has 0 aromatic heterocycles. The lowest BCUT2D eigenvalue weighted by molar-refractivity contribution is -0.130. The fourth-order valence-electron chi connectivity index (χ4n) is 2.77. The van der Waals surface area contributed by atoms with Gasteiger partial charge in [0, 0.05) is 6.54 Å². The maximum absolute atomic E-state index is 12.4. The molecule has 2 rings (SSSR count). The van der Waals surface area contributed by atoms with Crippen molar-refractivity contribution in [3.05, 3.63) is 35.4 Å². The molecule has 19 heavy (non-hydrogen) atoms. The third kappa shape index (κ3) is 2.98. The maximum atomic E-state index is 12.4. The molecule has 1 aliphatic rings. The van der Waals surface area contributed by atoms with Crippen LogP contribution in [0, 0.1) is 6.92 Å². The van der Waals surface area contributed by atoms with Crippen molar-refractivity contribution in [3.63, 3.8) is 0 Å². The molecule has 1 fully saturated rings. The molecule has 1 aromatic carbocycles. The molecule has 2 atom stereocenters. The molecule has 0 bridgehead atoms. The van der Waals surface area contributed by atoms with Gasteiger partial charge in [-0.3, -0.25) is 10.1 Å². The molecule has 0 aliphatic carbocycles. The highest BCUT2D eigenvalue weighted by Crippen LogP contribution is 2.27. The highest BCUT2D eigenvalue weighted by molar-refractivity contribution is 5.84. The van der Waals surface area contributed by atoms with Crippen LogP contribution < -0.4 is 5.32 Å². The average Bonchev–Trinajstić information content (AvgIpc) is 2.69. The maximum Gasteiger partial charge on any atom is 0.241 e. The molecule has 0 spiro atoms. The number of carbonyl (C=O) groups excluding carboxylic acids is 1. The molecule has 1 amide bonds. The van der Waals surface area contributed by atoms with Crippen LogP contribution in [0.5, 0.6) is 0 Å². The molecule has 3 nitrogen and oxygen atoms in total. The highest BCUT2D eigenvalue weighted by Gasteiger charge is 2.38. The molecule has 1 heterocycles. The van der Waals surface area contributed by atoms with E-state index in [0.717, 1.165) is 25.8 Å². The Labute approximate surface area is 116 Å². The van der Waals surface area contributed by atoms with E-state index in [1.807, 2.05) is 4.90 Å². The molecular weight excluding hydrogens is 236 g/mol. The van der Waals surface area contributed by atoms with Gasteiger partial charge < -0.3 is 4.90 Å². The predicted octanol–water partition coefficient (Wildman–Crippen LogP) is 3.00. The van der Waals surface area contributed by atoms with E-state index in [0.29, 0.717) is 0 Å². The average molecular weight is 260 g/mol. The van der Waals surface area contributed by atoms with E-state index >= 15 is 0 Å². The molecular formula is C16H24N2O. The van der Waals surface area contributed by atoms with Crippen LogP contribution >= 0.6 is 0 Å². The summed E-state index contributed by atoms with van der Waals surface area (Å²) in [5.41, 5.74) is 2.43. The van der Waals surface area contributed by atoms with Crippen LogP contribution in [-0.4, -0.2) is 23.4 Å². The molecule has 3 heteroatoms. The first-order valence-electron chi connectivity index (χ1n) is 7.30. The second-order valence-corrected chi connectivity index (χ2v) is 5.36. The summed E-state index contributed by atoms with van der Waals surface area (Å²) in [5.74, 6) is 0.259. The van der Waals surface area contributed by atoms with Gasteiger partial charge >= 0.3 is 0 Å². The van der Waals surface area contributed by atoms with E-state index in [-0.39, 0.29) is 18.1 Å². The lowest BCUT2D eigenvalue weighted by Crippen LogP contribution is -2.31. The Morgan fingerprint density at radius 2 is 2.05 bits per heavy atom. The van der Waals surface area contributed by atoms with Gasteiger partial charge in [-0.05, 0) is 25.3 Å². The summed E-state index contributed by atoms with van der Waals surface area (Å²) in [5, 5.41) is 3.50. The van der Waals surface area contributed by atoms with Crippen LogP contribution in [-0.2, 0) is 4.79 Å². The quantitative estimate of drug-likeness (QED) is 0.882. The summed E-state index contributed by atoms with van der Waals surface area (Å²) in [7, 11) is 0. The van der Waals surface area contributed by atoms with Crippen molar-refractivity contribution in [2.24, 2.45) is 0 Å². The van der Waals surface area contributed by atoms with Crippen LogP contribution in [0.3, 0.4) is 0 Å². The lowest BCUT2D eigenvalue weighted by atomic mass is 10.1. The molecule has 104 valence electrons. The first-order valence-corrected chi connectivity index (χ1v) is 7.30. The van der Waals surface area contributed by atoms with Gasteiger partial charge in [0.1, 0.15) is 6.17 Å². The molecule has 1 saturated heterocycles. The number of rotatable bonds is 5. The zero-order valence-electron chi connectivity index (χ0n) is 12.1. The summed E-state index contributed by atoms with van der Waals surface area (Å²) in [4.78, 5) is 14.4. The van der Waals surface area contributed by atoms with Crippen LogP contribution in [0.2, 0.25) is 0 Å². The Kier molecular flexibility index (Phi) is 4.59. The monoisotopic (exact) mass is 260 g/mol.